The molecule has 0 spiro atoms. The molecule has 1 fully saturated rings. The van der Waals surface area contributed by atoms with E-state index in [1.54, 1.807) is 5.32 Å². The molecular formula is C9H13F3N2O3. The number of hydrogen-bond acceptors (Lipinski definition) is 2. The molecule has 1 saturated heterocycles. The fraction of sp³-hybridized carbons (Fsp3) is 0.778. The second kappa shape index (κ2) is 5.24. The molecule has 0 aromatic carbocycles. The number of rotatable bonds is 2. The highest BCUT2D eigenvalue weighted by molar-refractivity contribution is 5.82. The summed E-state index contributed by atoms with van der Waals surface area (Å²) in [5.74, 6) is -1.19. The number of alkyl halides is 3. The Balaban J connectivity index is 2.56. The lowest BCUT2D eigenvalue weighted by Crippen LogP contribution is -2.53. The molecule has 5 nitrogen and oxygen atoms in total. The van der Waals surface area contributed by atoms with Crippen LogP contribution >= 0.6 is 0 Å². The number of nitrogens with zero attached hydrogens (tertiary/aromatic N) is 1. The lowest BCUT2D eigenvalue weighted by molar-refractivity contribution is -0.143. The number of carbonyl (C=O) groups excluding carboxylic acids is 1. The van der Waals surface area contributed by atoms with Crippen LogP contribution in [-0.2, 0) is 4.79 Å². The van der Waals surface area contributed by atoms with Gasteiger partial charge in [0, 0.05) is 6.54 Å². The topological polar surface area (TPSA) is 69.6 Å². The lowest BCUT2D eigenvalue weighted by atomic mass is 10.0. The van der Waals surface area contributed by atoms with Crippen LogP contribution in [0.15, 0.2) is 0 Å². The van der Waals surface area contributed by atoms with E-state index < -0.39 is 30.8 Å². The number of amides is 2. The number of urea groups is 1. The number of piperidine rings is 1. The van der Waals surface area contributed by atoms with Crippen molar-refractivity contribution in [1.82, 2.24) is 10.2 Å². The summed E-state index contributed by atoms with van der Waals surface area (Å²) >= 11 is 0. The highest BCUT2D eigenvalue weighted by Gasteiger charge is 2.34. The molecule has 1 rings (SSSR count). The molecular weight excluding hydrogens is 241 g/mol. The van der Waals surface area contributed by atoms with E-state index in [0.717, 1.165) is 4.90 Å². The van der Waals surface area contributed by atoms with Gasteiger partial charge in [-0.25, -0.2) is 9.59 Å². The Morgan fingerprint density at radius 3 is 2.53 bits per heavy atom. The Kier molecular flexibility index (Phi) is 4.19. The number of carbonyl (C=O) groups is 2. The lowest BCUT2D eigenvalue weighted by Gasteiger charge is -2.32. The maximum atomic E-state index is 11.9. The van der Waals surface area contributed by atoms with Crippen molar-refractivity contribution in [3.05, 3.63) is 0 Å². The molecule has 1 atom stereocenters. The van der Waals surface area contributed by atoms with Gasteiger partial charge in [-0.15, -0.1) is 0 Å². The molecule has 0 aliphatic carbocycles. The second-order valence-electron chi connectivity index (χ2n) is 3.82. The first-order valence-corrected chi connectivity index (χ1v) is 5.15. The first-order chi connectivity index (χ1) is 7.81. The van der Waals surface area contributed by atoms with Gasteiger partial charge in [0.05, 0.1) is 0 Å². The summed E-state index contributed by atoms with van der Waals surface area (Å²) in [4.78, 5) is 23.2. The Morgan fingerprint density at radius 2 is 2.00 bits per heavy atom. The largest absolute Gasteiger partial charge is 0.480 e. The second-order valence-corrected chi connectivity index (χ2v) is 3.82. The minimum Gasteiger partial charge on any atom is -0.480 e. The van der Waals surface area contributed by atoms with Crippen LogP contribution in [0.3, 0.4) is 0 Å². The van der Waals surface area contributed by atoms with Crippen LogP contribution in [-0.4, -0.2) is 47.3 Å². The molecule has 8 heteroatoms. The Labute approximate surface area is 95.6 Å². The van der Waals surface area contributed by atoms with Crippen molar-refractivity contribution in [2.75, 3.05) is 13.1 Å². The maximum absolute atomic E-state index is 11.9. The Hall–Kier alpha value is -1.47. The third-order valence-electron chi connectivity index (χ3n) is 2.49. The number of aliphatic carboxylic acids is 1. The van der Waals surface area contributed by atoms with E-state index in [1.165, 1.54) is 0 Å². The van der Waals surface area contributed by atoms with Gasteiger partial charge < -0.3 is 15.3 Å². The van der Waals surface area contributed by atoms with Gasteiger partial charge in [-0.3, -0.25) is 0 Å². The van der Waals surface area contributed by atoms with Crippen molar-refractivity contribution in [1.29, 1.82) is 0 Å². The molecule has 2 amide bonds. The number of likely N-dealkylation sites (tertiary alicyclic amines) is 1. The van der Waals surface area contributed by atoms with Crippen LogP contribution < -0.4 is 5.32 Å². The van der Waals surface area contributed by atoms with Crippen LogP contribution in [0.4, 0.5) is 18.0 Å². The fourth-order valence-electron chi connectivity index (χ4n) is 1.71. The van der Waals surface area contributed by atoms with E-state index in [0.29, 0.717) is 12.8 Å². The molecule has 0 aromatic heterocycles. The van der Waals surface area contributed by atoms with E-state index in [4.69, 9.17) is 5.11 Å². The van der Waals surface area contributed by atoms with Crippen LogP contribution in [0.5, 0.6) is 0 Å². The van der Waals surface area contributed by atoms with Gasteiger partial charge in [0.25, 0.3) is 0 Å². The summed E-state index contributed by atoms with van der Waals surface area (Å²) in [6.45, 7) is -1.28. The minimum absolute atomic E-state index is 0.167. The molecule has 2 N–H and O–H groups in total. The number of carboxylic acids is 1. The van der Waals surface area contributed by atoms with Crippen molar-refractivity contribution < 1.29 is 27.9 Å². The van der Waals surface area contributed by atoms with E-state index in [1.807, 2.05) is 0 Å². The van der Waals surface area contributed by atoms with E-state index in [-0.39, 0.29) is 13.0 Å². The number of nitrogens with one attached hydrogen (secondary N) is 1. The molecule has 1 aliphatic heterocycles. The van der Waals surface area contributed by atoms with Crippen LogP contribution in [0.1, 0.15) is 19.3 Å². The van der Waals surface area contributed by atoms with Gasteiger partial charge in [0.2, 0.25) is 0 Å². The monoisotopic (exact) mass is 254 g/mol. The Bertz CT molecular complexity index is 306. The highest BCUT2D eigenvalue weighted by atomic mass is 19.4. The SMILES string of the molecule is O=C(O)[C@@H]1CCCCN1C(=O)NCC(F)(F)F. The van der Waals surface area contributed by atoms with Crippen molar-refractivity contribution in [3.63, 3.8) is 0 Å². The van der Waals surface area contributed by atoms with Crippen molar-refractivity contribution in [2.45, 2.75) is 31.5 Å². The molecule has 0 aromatic rings. The van der Waals surface area contributed by atoms with Gasteiger partial charge in [0.1, 0.15) is 12.6 Å². The molecule has 1 heterocycles. The maximum Gasteiger partial charge on any atom is 0.405 e. The summed E-state index contributed by atoms with van der Waals surface area (Å²) in [5, 5.41) is 10.5. The standard InChI is InChI=1S/C9H13F3N2O3/c10-9(11,12)5-13-8(17)14-4-2-1-3-6(14)7(15)16/h6H,1-5H2,(H,13,17)(H,15,16)/t6-/m0/s1. The highest BCUT2D eigenvalue weighted by Crippen LogP contribution is 2.18. The van der Waals surface area contributed by atoms with Crippen molar-refractivity contribution in [3.8, 4) is 0 Å². The predicted molar refractivity (Wildman–Crippen MR) is 51.4 cm³/mol. The summed E-state index contributed by atoms with van der Waals surface area (Å²) in [7, 11) is 0. The zero-order valence-electron chi connectivity index (χ0n) is 8.96. The molecule has 1 aliphatic rings. The van der Waals surface area contributed by atoms with Crippen LogP contribution in [0.2, 0.25) is 0 Å². The summed E-state index contributed by atoms with van der Waals surface area (Å²) in [6, 6.07) is -2.01. The average Bonchev–Trinajstić information content (AvgIpc) is 2.25. The summed E-state index contributed by atoms with van der Waals surface area (Å²) < 4.78 is 35.7. The van der Waals surface area contributed by atoms with Crippen molar-refractivity contribution in [2.24, 2.45) is 0 Å². The van der Waals surface area contributed by atoms with Crippen LogP contribution in [0, 0.1) is 0 Å². The van der Waals surface area contributed by atoms with Gasteiger partial charge in [-0.05, 0) is 19.3 Å². The van der Waals surface area contributed by atoms with E-state index in [9.17, 15) is 22.8 Å². The molecule has 0 radical (unpaired) electrons. The normalized spacial score (nSPS) is 21.1. The summed E-state index contributed by atoms with van der Waals surface area (Å²) in [6.07, 6.45) is -2.97. The molecule has 0 saturated carbocycles. The first kappa shape index (κ1) is 13.6. The Morgan fingerprint density at radius 1 is 1.35 bits per heavy atom. The predicted octanol–water partition coefficient (Wildman–Crippen LogP) is 1.20. The van der Waals surface area contributed by atoms with E-state index in [2.05, 4.69) is 0 Å². The number of halogens is 3. The quantitative estimate of drug-likeness (QED) is 0.777. The minimum atomic E-state index is -4.50. The van der Waals surface area contributed by atoms with E-state index >= 15 is 0 Å². The van der Waals surface area contributed by atoms with Gasteiger partial charge in [-0.2, -0.15) is 13.2 Å². The molecule has 0 bridgehead atoms. The molecule has 98 valence electrons. The zero-order chi connectivity index (χ0) is 13.1. The van der Waals surface area contributed by atoms with Gasteiger partial charge >= 0.3 is 18.2 Å². The molecule has 0 unspecified atom stereocenters. The van der Waals surface area contributed by atoms with Gasteiger partial charge in [0.15, 0.2) is 0 Å². The fourth-order valence-corrected chi connectivity index (χ4v) is 1.71. The first-order valence-electron chi connectivity index (χ1n) is 5.15. The van der Waals surface area contributed by atoms with Gasteiger partial charge in [-0.1, -0.05) is 0 Å². The third-order valence-corrected chi connectivity index (χ3v) is 2.49. The van der Waals surface area contributed by atoms with Crippen molar-refractivity contribution >= 4 is 12.0 Å². The molecule has 17 heavy (non-hydrogen) atoms. The zero-order valence-corrected chi connectivity index (χ0v) is 8.96. The number of hydrogen-bond donors (Lipinski definition) is 2. The number of carboxylic acid groups (broad SMARTS) is 1. The summed E-state index contributed by atoms with van der Waals surface area (Å²) in [5.41, 5.74) is 0. The third kappa shape index (κ3) is 4.12. The average molecular weight is 254 g/mol. The smallest absolute Gasteiger partial charge is 0.405 e. The van der Waals surface area contributed by atoms with Crippen LogP contribution in [0.25, 0.3) is 0 Å².